The second-order valence-corrected chi connectivity index (χ2v) is 8.51. The first kappa shape index (κ1) is 19.8. The monoisotopic (exact) mass is 415 g/mol. The highest BCUT2D eigenvalue weighted by atomic mass is 32.1. The van der Waals surface area contributed by atoms with Gasteiger partial charge in [0.05, 0.1) is 0 Å². The van der Waals surface area contributed by atoms with Crippen LogP contribution in [-0.2, 0) is 20.7 Å². The maximum absolute atomic E-state index is 12.1. The zero-order valence-corrected chi connectivity index (χ0v) is 17.1. The molecule has 4 rings (SSSR count). The van der Waals surface area contributed by atoms with Gasteiger partial charge in [0.1, 0.15) is 0 Å². The zero-order chi connectivity index (χ0) is 20.1. The minimum absolute atomic E-state index is 0.295. The standard InChI is InChI=1S/C22H25NO5S/c24-20(15-26-21(25)8-4-6-17-7-5-13-29-17)23-16-9-10-18-19(14-16)28-22(27-18)11-2-1-3-12-22/h5,7,9-10,13-14H,1-4,6,8,11-12,15H2,(H,23,24). The van der Waals surface area contributed by atoms with E-state index in [2.05, 4.69) is 5.32 Å². The number of fused-ring (bicyclic) bond motifs is 1. The van der Waals surface area contributed by atoms with Crippen LogP contribution in [0.15, 0.2) is 35.7 Å². The van der Waals surface area contributed by atoms with Crippen molar-refractivity contribution in [2.45, 2.75) is 57.2 Å². The summed E-state index contributed by atoms with van der Waals surface area (Å²) in [5.74, 6) is 0.0869. The molecule has 1 fully saturated rings. The summed E-state index contributed by atoms with van der Waals surface area (Å²) in [6, 6.07) is 9.38. The molecule has 2 heterocycles. The van der Waals surface area contributed by atoms with E-state index in [1.165, 1.54) is 11.3 Å². The van der Waals surface area contributed by atoms with E-state index in [0.29, 0.717) is 30.0 Å². The van der Waals surface area contributed by atoms with Gasteiger partial charge in [-0.1, -0.05) is 12.5 Å². The Morgan fingerprint density at radius 2 is 1.93 bits per heavy atom. The lowest BCUT2D eigenvalue weighted by Gasteiger charge is -2.31. The molecule has 29 heavy (non-hydrogen) atoms. The first-order valence-corrected chi connectivity index (χ1v) is 11.0. The average molecular weight is 416 g/mol. The second kappa shape index (κ2) is 8.86. The molecule has 1 aliphatic heterocycles. The predicted molar refractivity (Wildman–Crippen MR) is 110 cm³/mol. The van der Waals surface area contributed by atoms with Crippen molar-refractivity contribution in [2.75, 3.05) is 11.9 Å². The van der Waals surface area contributed by atoms with Gasteiger partial charge in [-0.15, -0.1) is 11.3 Å². The zero-order valence-electron chi connectivity index (χ0n) is 16.3. The highest BCUT2D eigenvalue weighted by Gasteiger charge is 2.42. The summed E-state index contributed by atoms with van der Waals surface area (Å²) in [7, 11) is 0. The van der Waals surface area contributed by atoms with Gasteiger partial charge < -0.3 is 19.5 Å². The highest BCUT2D eigenvalue weighted by molar-refractivity contribution is 7.09. The predicted octanol–water partition coefficient (Wildman–Crippen LogP) is 4.68. The van der Waals surface area contributed by atoms with Crippen LogP contribution in [0, 0.1) is 0 Å². The molecule has 0 saturated heterocycles. The Bertz CT molecular complexity index is 858. The van der Waals surface area contributed by atoms with Gasteiger partial charge in [-0.05, 0) is 49.3 Å². The van der Waals surface area contributed by atoms with E-state index in [1.807, 2.05) is 23.6 Å². The number of rotatable bonds is 7. The van der Waals surface area contributed by atoms with Gasteiger partial charge in [0, 0.05) is 35.9 Å². The number of esters is 1. The molecule has 1 spiro atoms. The Labute approximate surface area is 174 Å². The van der Waals surface area contributed by atoms with Crippen molar-refractivity contribution in [3.63, 3.8) is 0 Å². The Hall–Kier alpha value is -2.54. The quantitative estimate of drug-likeness (QED) is 0.665. The average Bonchev–Trinajstić information content (AvgIpc) is 3.34. The summed E-state index contributed by atoms with van der Waals surface area (Å²) >= 11 is 1.67. The van der Waals surface area contributed by atoms with Gasteiger partial charge in [0.15, 0.2) is 18.1 Å². The third-order valence-electron chi connectivity index (χ3n) is 5.18. The summed E-state index contributed by atoms with van der Waals surface area (Å²) in [4.78, 5) is 25.2. The molecule has 1 aromatic carbocycles. The molecular weight excluding hydrogens is 390 g/mol. The van der Waals surface area contributed by atoms with Crippen molar-refractivity contribution in [1.82, 2.24) is 0 Å². The van der Waals surface area contributed by atoms with Gasteiger partial charge in [-0.25, -0.2) is 0 Å². The van der Waals surface area contributed by atoms with Crippen LogP contribution in [-0.4, -0.2) is 24.3 Å². The number of hydrogen-bond acceptors (Lipinski definition) is 6. The lowest BCUT2D eigenvalue weighted by Crippen LogP contribution is -2.40. The Morgan fingerprint density at radius 1 is 1.10 bits per heavy atom. The number of amides is 1. The molecule has 1 amide bonds. The lowest BCUT2D eigenvalue weighted by molar-refractivity contribution is -0.147. The molecule has 1 N–H and O–H groups in total. The van der Waals surface area contributed by atoms with Gasteiger partial charge in [-0.2, -0.15) is 0 Å². The third-order valence-corrected chi connectivity index (χ3v) is 6.12. The number of hydrogen-bond donors (Lipinski definition) is 1. The summed E-state index contributed by atoms with van der Waals surface area (Å²) in [6.07, 6.45) is 7.02. The minimum atomic E-state index is -0.540. The molecule has 2 aliphatic rings. The van der Waals surface area contributed by atoms with Crippen molar-refractivity contribution < 1.29 is 23.8 Å². The fraction of sp³-hybridized carbons (Fsp3) is 0.455. The maximum Gasteiger partial charge on any atom is 0.306 e. The summed E-state index contributed by atoms with van der Waals surface area (Å²) < 4.78 is 17.2. The van der Waals surface area contributed by atoms with Crippen molar-refractivity contribution in [3.05, 3.63) is 40.6 Å². The molecule has 2 aromatic rings. The largest absolute Gasteiger partial charge is 0.456 e. The molecule has 6 nitrogen and oxygen atoms in total. The number of aryl methyl sites for hydroxylation is 1. The van der Waals surface area contributed by atoms with Crippen LogP contribution in [0.25, 0.3) is 0 Å². The third kappa shape index (κ3) is 5.09. The first-order valence-electron chi connectivity index (χ1n) is 10.1. The van der Waals surface area contributed by atoms with E-state index in [-0.39, 0.29) is 18.5 Å². The van der Waals surface area contributed by atoms with Gasteiger partial charge in [0.25, 0.3) is 11.7 Å². The molecular formula is C22H25NO5S. The molecule has 1 aliphatic carbocycles. The Balaban J connectivity index is 1.21. The van der Waals surface area contributed by atoms with E-state index in [9.17, 15) is 9.59 Å². The molecule has 154 valence electrons. The number of carbonyl (C=O) groups excluding carboxylic acids is 2. The smallest absolute Gasteiger partial charge is 0.306 e. The van der Waals surface area contributed by atoms with Crippen molar-refractivity contribution >= 4 is 28.9 Å². The molecule has 7 heteroatoms. The van der Waals surface area contributed by atoms with Gasteiger partial charge in [-0.3, -0.25) is 9.59 Å². The number of anilines is 1. The molecule has 1 aromatic heterocycles. The number of carbonyl (C=O) groups is 2. The fourth-order valence-corrected chi connectivity index (χ4v) is 4.49. The van der Waals surface area contributed by atoms with E-state index in [4.69, 9.17) is 14.2 Å². The number of ether oxygens (including phenoxy) is 3. The van der Waals surface area contributed by atoms with E-state index < -0.39 is 5.79 Å². The van der Waals surface area contributed by atoms with Crippen LogP contribution in [0.1, 0.15) is 49.8 Å². The van der Waals surface area contributed by atoms with E-state index in [1.54, 1.807) is 23.5 Å². The number of thiophene rings is 1. The molecule has 0 unspecified atom stereocenters. The normalized spacial score (nSPS) is 16.6. The van der Waals surface area contributed by atoms with Gasteiger partial charge >= 0.3 is 5.97 Å². The Morgan fingerprint density at radius 3 is 2.72 bits per heavy atom. The second-order valence-electron chi connectivity index (χ2n) is 7.48. The fourth-order valence-electron chi connectivity index (χ4n) is 3.74. The maximum atomic E-state index is 12.1. The highest BCUT2D eigenvalue weighted by Crippen LogP contribution is 2.46. The first-order chi connectivity index (χ1) is 14.1. The van der Waals surface area contributed by atoms with Gasteiger partial charge in [0.2, 0.25) is 0 Å². The van der Waals surface area contributed by atoms with Crippen LogP contribution >= 0.6 is 11.3 Å². The molecule has 0 bridgehead atoms. The lowest BCUT2D eigenvalue weighted by atomic mass is 9.94. The van der Waals surface area contributed by atoms with Crippen LogP contribution in [0.2, 0.25) is 0 Å². The van der Waals surface area contributed by atoms with Crippen LogP contribution in [0.3, 0.4) is 0 Å². The SMILES string of the molecule is O=C(COC(=O)CCCc1cccs1)Nc1ccc2c(c1)OC1(CCCCC1)O2. The number of nitrogens with one attached hydrogen (secondary N) is 1. The van der Waals surface area contributed by atoms with E-state index in [0.717, 1.165) is 32.1 Å². The van der Waals surface area contributed by atoms with E-state index >= 15 is 0 Å². The van der Waals surface area contributed by atoms with Crippen molar-refractivity contribution in [1.29, 1.82) is 0 Å². The molecule has 0 atom stereocenters. The Kier molecular flexibility index (Phi) is 6.04. The number of benzene rings is 1. The summed E-state index contributed by atoms with van der Waals surface area (Å²) in [5, 5.41) is 4.76. The van der Waals surface area contributed by atoms with Crippen LogP contribution in [0.5, 0.6) is 11.5 Å². The molecule has 0 radical (unpaired) electrons. The topological polar surface area (TPSA) is 73.9 Å². The minimum Gasteiger partial charge on any atom is -0.456 e. The van der Waals surface area contributed by atoms with Crippen molar-refractivity contribution in [3.8, 4) is 11.5 Å². The van der Waals surface area contributed by atoms with Crippen LogP contribution < -0.4 is 14.8 Å². The summed E-state index contributed by atoms with van der Waals surface area (Å²) in [6.45, 7) is -0.295. The van der Waals surface area contributed by atoms with Crippen molar-refractivity contribution in [2.24, 2.45) is 0 Å². The molecule has 1 saturated carbocycles. The summed E-state index contributed by atoms with van der Waals surface area (Å²) in [5.41, 5.74) is 0.596. The van der Waals surface area contributed by atoms with Crippen LogP contribution in [0.4, 0.5) is 5.69 Å².